The monoisotopic (exact) mass is 287 g/mol. The summed E-state index contributed by atoms with van der Waals surface area (Å²) in [4.78, 5) is 3.94. The summed E-state index contributed by atoms with van der Waals surface area (Å²) in [6.07, 6.45) is 4.03. The molecular weight excluding hydrogens is 273 g/mol. The summed E-state index contributed by atoms with van der Waals surface area (Å²) < 4.78 is 13.4. The minimum Gasteiger partial charge on any atom is -0.505 e. The van der Waals surface area contributed by atoms with Gasteiger partial charge in [0.15, 0.2) is 0 Å². The molecular formula is C15H14FN3O2. The fourth-order valence-electron chi connectivity index (χ4n) is 1.69. The van der Waals surface area contributed by atoms with Gasteiger partial charge < -0.3 is 10.2 Å². The van der Waals surface area contributed by atoms with Crippen molar-refractivity contribution in [3.05, 3.63) is 58.7 Å². The van der Waals surface area contributed by atoms with Gasteiger partial charge in [-0.3, -0.25) is 4.98 Å². The predicted molar refractivity (Wildman–Crippen MR) is 78.1 cm³/mol. The second-order valence-corrected chi connectivity index (χ2v) is 4.30. The molecule has 108 valence electrons. The molecule has 0 amide bonds. The Kier molecular flexibility index (Phi) is 4.73. The largest absolute Gasteiger partial charge is 0.505 e. The molecule has 0 radical (unpaired) electrons. The van der Waals surface area contributed by atoms with Gasteiger partial charge in [0.2, 0.25) is 0 Å². The van der Waals surface area contributed by atoms with E-state index in [-0.39, 0.29) is 12.4 Å². The van der Waals surface area contributed by atoms with Gasteiger partial charge >= 0.3 is 0 Å². The summed E-state index contributed by atoms with van der Waals surface area (Å²) in [6.45, 7) is 1.36. The first kappa shape index (κ1) is 14.8. The van der Waals surface area contributed by atoms with Crippen molar-refractivity contribution in [2.24, 2.45) is 10.2 Å². The average molecular weight is 287 g/mol. The molecule has 1 aromatic carbocycles. The van der Waals surface area contributed by atoms with E-state index in [2.05, 4.69) is 15.2 Å². The average Bonchev–Trinajstić information content (AvgIpc) is 2.49. The highest BCUT2D eigenvalue weighted by Crippen LogP contribution is 2.21. The molecule has 0 fully saturated rings. The number of pyridine rings is 1. The molecule has 2 N–H and O–H groups in total. The summed E-state index contributed by atoms with van der Waals surface area (Å²) >= 11 is 0. The first-order valence-corrected chi connectivity index (χ1v) is 6.22. The van der Waals surface area contributed by atoms with Crippen LogP contribution < -0.4 is 0 Å². The molecule has 0 aliphatic heterocycles. The normalized spacial score (nSPS) is 11.6. The van der Waals surface area contributed by atoms with Crippen LogP contribution in [0.3, 0.4) is 0 Å². The number of rotatable bonds is 4. The molecule has 0 saturated carbocycles. The number of aliphatic hydroxyl groups excluding tert-OH is 1. The van der Waals surface area contributed by atoms with Gasteiger partial charge in [-0.2, -0.15) is 10.2 Å². The Morgan fingerprint density at radius 1 is 1.24 bits per heavy atom. The lowest BCUT2D eigenvalue weighted by Crippen LogP contribution is -1.97. The zero-order chi connectivity index (χ0) is 15.2. The van der Waals surface area contributed by atoms with E-state index in [1.54, 1.807) is 25.1 Å². The quantitative estimate of drug-likeness (QED) is 0.668. The van der Waals surface area contributed by atoms with Crippen LogP contribution in [0.1, 0.15) is 22.4 Å². The van der Waals surface area contributed by atoms with Gasteiger partial charge in [0.25, 0.3) is 0 Å². The third kappa shape index (κ3) is 3.49. The summed E-state index contributed by atoms with van der Waals surface area (Å²) in [5, 5.41) is 26.6. The number of aromatic hydroxyl groups is 1. The van der Waals surface area contributed by atoms with Crippen molar-refractivity contribution in [3.63, 3.8) is 0 Å². The van der Waals surface area contributed by atoms with Gasteiger partial charge in [-0.25, -0.2) is 4.39 Å². The van der Waals surface area contributed by atoms with Gasteiger partial charge in [-0.05, 0) is 13.0 Å². The summed E-state index contributed by atoms with van der Waals surface area (Å²) in [7, 11) is 0. The number of hydrogen-bond donors (Lipinski definition) is 2. The van der Waals surface area contributed by atoms with E-state index in [0.29, 0.717) is 22.4 Å². The Morgan fingerprint density at radius 3 is 2.67 bits per heavy atom. The van der Waals surface area contributed by atoms with Crippen molar-refractivity contribution in [3.8, 4) is 5.75 Å². The number of benzene rings is 1. The van der Waals surface area contributed by atoms with Gasteiger partial charge in [-0.1, -0.05) is 18.2 Å². The smallest absolute Gasteiger partial charge is 0.145 e. The number of nitrogens with zero attached hydrogens (tertiary/aromatic N) is 3. The topological polar surface area (TPSA) is 78.1 Å². The summed E-state index contributed by atoms with van der Waals surface area (Å²) in [5.41, 5.74) is 1.51. The molecule has 0 aliphatic carbocycles. The number of aryl methyl sites for hydroxylation is 1. The maximum Gasteiger partial charge on any atom is 0.145 e. The third-order valence-electron chi connectivity index (χ3n) is 2.88. The second kappa shape index (κ2) is 6.71. The maximum atomic E-state index is 13.4. The molecule has 0 spiro atoms. The standard InChI is InChI=1S/C15H14FN3O2/c1-10-15(21)13(12(9-20)6-17-10)8-19-18-7-11-4-2-3-5-14(11)16/h2-8,20-21H,9H2,1H3/b18-7?,19-8+. The van der Waals surface area contributed by atoms with Crippen LogP contribution in [-0.2, 0) is 6.61 Å². The van der Waals surface area contributed by atoms with Crippen LogP contribution in [0.15, 0.2) is 40.7 Å². The van der Waals surface area contributed by atoms with E-state index in [4.69, 9.17) is 0 Å². The van der Waals surface area contributed by atoms with Crippen molar-refractivity contribution >= 4 is 12.4 Å². The SMILES string of the molecule is Cc1ncc(CO)c(/C=N/N=Cc2ccccc2F)c1O. The molecule has 1 heterocycles. The second-order valence-electron chi connectivity index (χ2n) is 4.30. The van der Waals surface area contributed by atoms with Crippen LogP contribution in [0.4, 0.5) is 4.39 Å². The zero-order valence-electron chi connectivity index (χ0n) is 11.4. The highest BCUT2D eigenvalue weighted by Gasteiger charge is 2.08. The maximum absolute atomic E-state index is 13.4. The van der Waals surface area contributed by atoms with Crippen LogP contribution >= 0.6 is 0 Å². The number of aliphatic hydroxyl groups is 1. The van der Waals surface area contributed by atoms with E-state index in [1.807, 2.05) is 0 Å². The first-order chi connectivity index (χ1) is 10.1. The highest BCUT2D eigenvalue weighted by molar-refractivity contribution is 5.86. The van der Waals surface area contributed by atoms with Crippen LogP contribution in [0.2, 0.25) is 0 Å². The van der Waals surface area contributed by atoms with E-state index in [1.165, 1.54) is 24.7 Å². The van der Waals surface area contributed by atoms with Crippen molar-refractivity contribution < 1.29 is 14.6 Å². The molecule has 6 heteroatoms. The first-order valence-electron chi connectivity index (χ1n) is 6.22. The van der Waals surface area contributed by atoms with Crippen molar-refractivity contribution in [2.75, 3.05) is 0 Å². The fraction of sp³-hybridized carbons (Fsp3) is 0.133. The van der Waals surface area contributed by atoms with Crippen LogP contribution in [0, 0.1) is 12.7 Å². The van der Waals surface area contributed by atoms with E-state index < -0.39 is 5.82 Å². The molecule has 0 aliphatic rings. The molecule has 5 nitrogen and oxygen atoms in total. The number of aromatic nitrogens is 1. The molecule has 21 heavy (non-hydrogen) atoms. The Morgan fingerprint density at radius 2 is 1.95 bits per heavy atom. The predicted octanol–water partition coefficient (Wildman–Crippen LogP) is 2.18. The minimum atomic E-state index is -0.393. The Balaban J connectivity index is 2.23. The Labute approximate surface area is 121 Å². The lowest BCUT2D eigenvalue weighted by molar-refractivity contribution is 0.280. The number of hydrogen-bond acceptors (Lipinski definition) is 5. The molecule has 0 unspecified atom stereocenters. The van der Waals surface area contributed by atoms with Gasteiger partial charge in [0.05, 0.1) is 24.7 Å². The van der Waals surface area contributed by atoms with Crippen LogP contribution in [0.25, 0.3) is 0 Å². The molecule has 0 bridgehead atoms. The summed E-state index contributed by atoms with van der Waals surface area (Å²) in [5.74, 6) is -0.457. The molecule has 1 aromatic heterocycles. The Hall–Kier alpha value is -2.60. The van der Waals surface area contributed by atoms with E-state index >= 15 is 0 Å². The van der Waals surface area contributed by atoms with Gasteiger partial charge in [0.1, 0.15) is 11.6 Å². The number of halogens is 1. The molecule has 2 rings (SSSR count). The lowest BCUT2D eigenvalue weighted by Gasteiger charge is -2.06. The third-order valence-corrected chi connectivity index (χ3v) is 2.88. The van der Waals surface area contributed by atoms with E-state index in [0.717, 1.165) is 0 Å². The lowest BCUT2D eigenvalue weighted by atomic mass is 10.1. The molecule has 2 aromatic rings. The Bertz CT molecular complexity index is 699. The molecule has 0 saturated heterocycles. The van der Waals surface area contributed by atoms with Crippen molar-refractivity contribution in [1.82, 2.24) is 4.98 Å². The van der Waals surface area contributed by atoms with Crippen molar-refractivity contribution in [1.29, 1.82) is 0 Å². The van der Waals surface area contributed by atoms with Crippen LogP contribution in [-0.4, -0.2) is 27.6 Å². The minimum absolute atomic E-state index is 0.0635. The van der Waals surface area contributed by atoms with Crippen molar-refractivity contribution in [2.45, 2.75) is 13.5 Å². The zero-order valence-corrected chi connectivity index (χ0v) is 11.4. The van der Waals surface area contributed by atoms with Gasteiger partial charge in [0, 0.05) is 22.9 Å². The van der Waals surface area contributed by atoms with Gasteiger partial charge in [-0.15, -0.1) is 0 Å². The molecule has 0 atom stereocenters. The van der Waals surface area contributed by atoms with Crippen LogP contribution in [0.5, 0.6) is 5.75 Å². The summed E-state index contributed by atoms with van der Waals surface area (Å²) in [6, 6.07) is 6.17. The fourth-order valence-corrected chi connectivity index (χ4v) is 1.69. The van der Waals surface area contributed by atoms with E-state index in [9.17, 15) is 14.6 Å². The highest BCUT2D eigenvalue weighted by atomic mass is 19.1.